The van der Waals surface area contributed by atoms with Crippen molar-refractivity contribution in [2.75, 3.05) is 59.4 Å². The lowest BCUT2D eigenvalue weighted by atomic mass is 9.98. The number of likely N-dealkylation sites (N-methyl/N-ethyl adjacent to an activating group) is 1. The molecule has 0 spiro atoms. The maximum atomic E-state index is 2.65. The molecule has 0 radical (unpaired) electrons. The van der Waals surface area contributed by atoms with Crippen molar-refractivity contribution in [2.45, 2.75) is 19.8 Å². The van der Waals surface area contributed by atoms with Crippen molar-refractivity contribution in [3.63, 3.8) is 0 Å². The van der Waals surface area contributed by atoms with Gasteiger partial charge < -0.3 is 14.7 Å². The molecule has 2 heterocycles. The molecule has 94 valence electrons. The van der Waals surface area contributed by atoms with Gasteiger partial charge in [0, 0.05) is 45.8 Å². The fraction of sp³-hybridized carbons (Fsp3) is 1.00. The van der Waals surface area contributed by atoms with Crippen LogP contribution < -0.4 is 0 Å². The molecule has 2 rings (SSSR count). The Morgan fingerprint density at radius 3 is 2.31 bits per heavy atom. The van der Waals surface area contributed by atoms with E-state index >= 15 is 0 Å². The van der Waals surface area contributed by atoms with Gasteiger partial charge in [0.05, 0.1) is 0 Å². The SMILES string of the molecule is CCCCN1CC(CN2CCN(C)CC2)C1. The van der Waals surface area contributed by atoms with E-state index in [2.05, 4.69) is 28.7 Å². The van der Waals surface area contributed by atoms with Gasteiger partial charge in [-0.05, 0) is 25.9 Å². The summed E-state index contributed by atoms with van der Waals surface area (Å²) >= 11 is 0. The van der Waals surface area contributed by atoms with E-state index in [4.69, 9.17) is 0 Å². The Kier molecular flexibility index (Phi) is 4.62. The van der Waals surface area contributed by atoms with Crippen LogP contribution in [0.2, 0.25) is 0 Å². The first-order valence-corrected chi connectivity index (χ1v) is 6.91. The number of hydrogen-bond donors (Lipinski definition) is 0. The quantitative estimate of drug-likeness (QED) is 0.690. The summed E-state index contributed by atoms with van der Waals surface area (Å²) in [6.45, 7) is 12.7. The molecule has 0 bridgehead atoms. The molecule has 16 heavy (non-hydrogen) atoms. The van der Waals surface area contributed by atoms with E-state index in [1.807, 2.05) is 0 Å². The number of unbranched alkanes of at least 4 members (excludes halogenated alkanes) is 1. The van der Waals surface area contributed by atoms with Crippen LogP contribution in [-0.2, 0) is 0 Å². The van der Waals surface area contributed by atoms with Crippen molar-refractivity contribution in [2.24, 2.45) is 5.92 Å². The minimum atomic E-state index is 0.959. The molecule has 2 aliphatic rings. The Labute approximate surface area is 100 Å². The molecule has 2 aliphatic heterocycles. The van der Waals surface area contributed by atoms with E-state index in [0.29, 0.717) is 0 Å². The summed E-state index contributed by atoms with van der Waals surface area (Å²) in [6.07, 6.45) is 2.71. The molecule has 3 heteroatoms. The normalized spacial score (nSPS) is 25.9. The van der Waals surface area contributed by atoms with Crippen molar-refractivity contribution >= 4 is 0 Å². The van der Waals surface area contributed by atoms with Crippen LogP contribution in [-0.4, -0.2) is 74.1 Å². The Bertz CT molecular complexity index is 193. The van der Waals surface area contributed by atoms with Gasteiger partial charge in [0.1, 0.15) is 0 Å². The van der Waals surface area contributed by atoms with Crippen molar-refractivity contribution < 1.29 is 0 Å². The summed E-state index contributed by atoms with van der Waals surface area (Å²) in [5.41, 5.74) is 0. The van der Waals surface area contributed by atoms with Crippen LogP contribution in [0.3, 0.4) is 0 Å². The molecule has 0 unspecified atom stereocenters. The smallest absolute Gasteiger partial charge is 0.0110 e. The lowest BCUT2D eigenvalue weighted by molar-refractivity contribution is 0.0502. The highest BCUT2D eigenvalue weighted by Gasteiger charge is 2.28. The van der Waals surface area contributed by atoms with E-state index in [1.54, 1.807) is 0 Å². The summed E-state index contributed by atoms with van der Waals surface area (Å²) < 4.78 is 0. The van der Waals surface area contributed by atoms with E-state index in [-0.39, 0.29) is 0 Å². The molecule has 2 saturated heterocycles. The molecule has 0 N–H and O–H groups in total. The van der Waals surface area contributed by atoms with Gasteiger partial charge >= 0.3 is 0 Å². The third-order valence-corrected chi connectivity index (χ3v) is 3.97. The summed E-state index contributed by atoms with van der Waals surface area (Å²) in [7, 11) is 2.23. The first kappa shape index (κ1) is 12.3. The number of piperazine rings is 1. The molecule has 0 atom stereocenters. The van der Waals surface area contributed by atoms with E-state index in [1.165, 1.54) is 65.2 Å². The Balaban J connectivity index is 1.55. The molecule has 0 saturated carbocycles. The highest BCUT2D eigenvalue weighted by molar-refractivity contribution is 4.83. The lowest BCUT2D eigenvalue weighted by Gasteiger charge is -2.43. The summed E-state index contributed by atoms with van der Waals surface area (Å²) in [6, 6.07) is 0. The van der Waals surface area contributed by atoms with E-state index in [9.17, 15) is 0 Å². The number of nitrogens with zero attached hydrogens (tertiary/aromatic N) is 3. The zero-order valence-corrected chi connectivity index (χ0v) is 11.0. The number of rotatable bonds is 5. The molecule has 0 aromatic rings. The highest BCUT2D eigenvalue weighted by Crippen LogP contribution is 2.17. The third-order valence-electron chi connectivity index (χ3n) is 3.97. The maximum Gasteiger partial charge on any atom is 0.0110 e. The second kappa shape index (κ2) is 5.99. The van der Waals surface area contributed by atoms with Crippen molar-refractivity contribution in [1.82, 2.24) is 14.7 Å². The average Bonchev–Trinajstić information content (AvgIpc) is 2.24. The van der Waals surface area contributed by atoms with Gasteiger partial charge in [-0.2, -0.15) is 0 Å². The van der Waals surface area contributed by atoms with Crippen LogP contribution >= 0.6 is 0 Å². The summed E-state index contributed by atoms with van der Waals surface area (Å²) in [4.78, 5) is 7.71. The van der Waals surface area contributed by atoms with Crippen LogP contribution in [0.25, 0.3) is 0 Å². The second-order valence-corrected chi connectivity index (χ2v) is 5.58. The predicted octanol–water partition coefficient (Wildman–Crippen LogP) is 0.966. The Hall–Kier alpha value is -0.120. The maximum absolute atomic E-state index is 2.65. The fourth-order valence-corrected chi connectivity index (χ4v) is 2.75. The van der Waals surface area contributed by atoms with Gasteiger partial charge in [0.2, 0.25) is 0 Å². The highest BCUT2D eigenvalue weighted by atomic mass is 15.3. The van der Waals surface area contributed by atoms with E-state index in [0.717, 1.165) is 5.92 Å². The van der Waals surface area contributed by atoms with Crippen molar-refractivity contribution in [3.8, 4) is 0 Å². The van der Waals surface area contributed by atoms with Gasteiger partial charge in [-0.25, -0.2) is 0 Å². The summed E-state index contributed by atoms with van der Waals surface area (Å²) in [5, 5.41) is 0. The van der Waals surface area contributed by atoms with Crippen LogP contribution in [0.15, 0.2) is 0 Å². The molecular formula is C13H27N3. The van der Waals surface area contributed by atoms with E-state index < -0.39 is 0 Å². The van der Waals surface area contributed by atoms with Crippen LogP contribution in [0, 0.1) is 5.92 Å². The third kappa shape index (κ3) is 3.44. The lowest BCUT2D eigenvalue weighted by Crippen LogP contribution is -2.54. The molecular weight excluding hydrogens is 198 g/mol. The zero-order chi connectivity index (χ0) is 11.4. The summed E-state index contributed by atoms with van der Waals surface area (Å²) in [5.74, 6) is 0.959. The Morgan fingerprint density at radius 2 is 1.69 bits per heavy atom. The van der Waals surface area contributed by atoms with Crippen LogP contribution in [0.5, 0.6) is 0 Å². The average molecular weight is 225 g/mol. The molecule has 2 fully saturated rings. The minimum absolute atomic E-state index is 0.959. The fourth-order valence-electron chi connectivity index (χ4n) is 2.75. The van der Waals surface area contributed by atoms with Gasteiger partial charge in [0.25, 0.3) is 0 Å². The van der Waals surface area contributed by atoms with Crippen LogP contribution in [0.4, 0.5) is 0 Å². The van der Waals surface area contributed by atoms with Gasteiger partial charge in [0.15, 0.2) is 0 Å². The molecule has 0 aromatic carbocycles. The molecule has 3 nitrogen and oxygen atoms in total. The van der Waals surface area contributed by atoms with Crippen molar-refractivity contribution in [1.29, 1.82) is 0 Å². The van der Waals surface area contributed by atoms with Crippen LogP contribution in [0.1, 0.15) is 19.8 Å². The van der Waals surface area contributed by atoms with Gasteiger partial charge in [-0.1, -0.05) is 13.3 Å². The van der Waals surface area contributed by atoms with Crippen molar-refractivity contribution in [3.05, 3.63) is 0 Å². The standard InChI is InChI=1S/C13H27N3/c1-3-4-5-16-11-13(12-16)10-15-8-6-14(2)7-9-15/h13H,3-12H2,1-2H3. The molecule has 0 aromatic heterocycles. The van der Waals surface area contributed by atoms with Gasteiger partial charge in [-0.15, -0.1) is 0 Å². The van der Waals surface area contributed by atoms with Gasteiger partial charge in [-0.3, -0.25) is 0 Å². The monoisotopic (exact) mass is 225 g/mol. The minimum Gasteiger partial charge on any atom is -0.304 e. The molecule has 0 amide bonds. The number of hydrogen-bond acceptors (Lipinski definition) is 3. The zero-order valence-electron chi connectivity index (χ0n) is 11.0. The predicted molar refractivity (Wildman–Crippen MR) is 68.8 cm³/mol. The second-order valence-electron chi connectivity index (χ2n) is 5.58. The Morgan fingerprint density at radius 1 is 1.00 bits per heavy atom. The number of likely N-dealkylation sites (tertiary alicyclic amines) is 1. The topological polar surface area (TPSA) is 9.72 Å². The first-order valence-electron chi connectivity index (χ1n) is 6.91. The largest absolute Gasteiger partial charge is 0.304 e. The first-order chi connectivity index (χ1) is 7.78. The molecule has 0 aliphatic carbocycles.